The van der Waals surface area contributed by atoms with Gasteiger partial charge in [0, 0.05) is 10.2 Å². The molecule has 1 heteroatoms. The second-order valence-electron chi connectivity index (χ2n) is 3.05. The first-order chi connectivity index (χ1) is 3.48. The first-order valence-corrected chi connectivity index (χ1v) is 3.85. The molecule has 0 aliphatic heterocycles. The third-order valence-corrected chi connectivity index (χ3v) is 3.24. The molecular formula is C7H14Si. The third-order valence-electron chi connectivity index (χ3n) is 1.39. The summed E-state index contributed by atoms with van der Waals surface area (Å²) in [5.41, 5.74) is 3.25. The molecule has 0 aromatic carbocycles. The molecule has 0 N–H and O–H groups in total. The molecule has 0 fully saturated rings. The van der Waals surface area contributed by atoms with Gasteiger partial charge in [-0.1, -0.05) is 27.4 Å². The molecule has 0 aromatic heterocycles. The van der Waals surface area contributed by atoms with Crippen molar-refractivity contribution >= 4 is 10.2 Å². The molecule has 8 heavy (non-hydrogen) atoms. The van der Waals surface area contributed by atoms with E-state index in [1.54, 1.807) is 0 Å². The maximum atomic E-state index is 3.60. The fourth-order valence-electron chi connectivity index (χ4n) is 0.265. The predicted octanol–water partition coefficient (Wildman–Crippen LogP) is 1.07. The van der Waals surface area contributed by atoms with Crippen LogP contribution in [0.2, 0.25) is 0 Å². The van der Waals surface area contributed by atoms with Gasteiger partial charge in [0.1, 0.15) is 0 Å². The van der Waals surface area contributed by atoms with Gasteiger partial charge in [0.25, 0.3) is 0 Å². The molecule has 0 unspecified atom stereocenters. The highest BCUT2D eigenvalue weighted by molar-refractivity contribution is 6.22. The van der Waals surface area contributed by atoms with Gasteiger partial charge < -0.3 is 0 Å². The van der Waals surface area contributed by atoms with Crippen molar-refractivity contribution in [1.82, 2.24) is 0 Å². The molecular weight excluding hydrogens is 112 g/mol. The van der Waals surface area contributed by atoms with Crippen molar-refractivity contribution in [3.63, 3.8) is 0 Å². The van der Waals surface area contributed by atoms with E-state index in [9.17, 15) is 0 Å². The van der Waals surface area contributed by atoms with Crippen LogP contribution in [0, 0.1) is 5.41 Å². The molecule has 0 bridgehead atoms. The zero-order valence-electron chi connectivity index (χ0n) is 6.21. The first-order valence-electron chi connectivity index (χ1n) is 2.85. The lowest BCUT2D eigenvalue weighted by atomic mass is 9.96. The van der Waals surface area contributed by atoms with Crippen LogP contribution in [-0.2, 0) is 0 Å². The van der Waals surface area contributed by atoms with E-state index in [1.165, 1.54) is 5.20 Å². The topological polar surface area (TPSA) is 0 Å². The molecule has 0 rings (SSSR count). The Bertz CT molecular complexity index is 122. The highest BCUT2D eigenvalue weighted by Crippen LogP contribution is 2.20. The quantitative estimate of drug-likeness (QED) is 0.336. The van der Waals surface area contributed by atoms with Crippen LogP contribution < -0.4 is 0 Å². The Hall–Kier alpha value is -0.263. The average Bonchev–Trinajstić information content (AvgIpc) is 1.62. The Balaban J connectivity index is 4.26. The molecule has 0 spiro atoms. The van der Waals surface area contributed by atoms with E-state index in [2.05, 4.69) is 33.1 Å². The van der Waals surface area contributed by atoms with E-state index in [-0.39, 0.29) is 0 Å². The molecule has 0 aromatic rings. The van der Waals surface area contributed by atoms with E-state index in [4.69, 9.17) is 0 Å². The van der Waals surface area contributed by atoms with Crippen molar-refractivity contribution in [3.8, 4) is 0 Å². The van der Waals surface area contributed by atoms with Crippen LogP contribution in [-0.4, -0.2) is 10.2 Å². The van der Waals surface area contributed by atoms with Crippen LogP contribution >= 0.6 is 0 Å². The van der Waals surface area contributed by atoms with Crippen LogP contribution in [0.4, 0.5) is 0 Å². The lowest BCUT2D eigenvalue weighted by molar-refractivity contribution is 0.531. The van der Waals surface area contributed by atoms with Gasteiger partial charge in [0.15, 0.2) is 0 Å². The highest BCUT2D eigenvalue weighted by atomic mass is 28.1. The minimum Gasteiger partial charge on any atom is -0.135 e. The number of allylic oxidation sites excluding steroid dienone is 1. The zero-order valence-corrected chi connectivity index (χ0v) is 8.21. The van der Waals surface area contributed by atoms with E-state index >= 15 is 0 Å². The smallest absolute Gasteiger partial charge is 0.0439 e. The molecule has 0 nitrogen and oxygen atoms in total. The van der Waals surface area contributed by atoms with Crippen LogP contribution in [0.15, 0.2) is 17.5 Å². The summed E-state index contributed by atoms with van der Waals surface area (Å²) in [5.74, 6) is 0. The minimum absolute atomic E-state index is 0.313. The summed E-state index contributed by atoms with van der Waals surface area (Å²) in [5, 5.41) is 1.36. The maximum Gasteiger partial charge on any atom is 0.0439 e. The summed E-state index contributed by atoms with van der Waals surface area (Å²) >= 11 is 0. The van der Waals surface area contributed by atoms with E-state index in [1.807, 2.05) is 0 Å². The van der Waals surface area contributed by atoms with Gasteiger partial charge in [0.2, 0.25) is 0 Å². The van der Waals surface area contributed by atoms with Crippen LogP contribution in [0.3, 0.4) is 0 Å². The average molecular weight is 126 g/mol. The van der Waals surface area contributed by atoms with E-state index < -0.39 is 0 Å². The predicted molar refractivity (Wildman–Crippen MR) is 42.0 cm³/mol. The number of hydrogen-bond donors (Lipinski definition) is 0. The molecule has 0 aliphatic rings. The highest BCUT2D eigenvalue weighted by Gasteiger charge is 2.10. The monoisotopic (exact) mass is 126 g/mol. The Morgan fingerprint density at radius 2 is 1.88 bits per heavy atom. The van der Waals surface area contributed by atoms with Gasteiger partial charge >= 0.3 is 0 Å². The molecule has 0 amide bonds. The summed E-state index contributed by atoms with van der Waals surface area (Å²) < 4.78 is 0. The van der Waals surface area contributed by atoms with Crippen molar-refractivity contribution in [3.05, 3.63) is 17.5 Å². The summed E-state index contributed by atoms with van der Waals surface area (Å²) in [6.07, 6.45) is 0. The van der Waals surface area contributed by atoms with Gasteiger partial charge in [-0.3, -0.25) is 0 Å². The standard InChI is InChI=1S/C7H14Si/c1-5-6(8)7(2,3)4/h1H2,2-4,8H3. The molecule has 0 saturated carbocycles. The van der Waals surface area contributed by atoms with Crippen molar-refractivity contribution in [2.45, 2.75) is 20.8 Å². The third kappa shape index (κ3) is 2.15. The van der Waals surface area contributed by atoms with Crippen molar-refractivity contribution < 1.29 is 0 Å². The fourth-order valence-corrected chi connectivity index (χ4v) is 0.265. The molecule has 0 atom stereocenters. The summed E-state index contributed by atoms with van der Waals surface area (Å²) in [6, 6.07) is 0. The summed E-state index contributed by atoms with van der Waals surface area (Å²) in [7, 11) is 1.09. The molecule has 0 aliphatic carbocycles. The maximum absolute atomic E-state index is 3.60. The molecule has 0 saturated heterocycles. The Morgan fingerprint density at radius 3 is 1.88 bits per heavy atom. The minimum atomic E-state index is 0.313. The molecule has 46 valence electrons. The Kier molecular flexibility index (Phi) is 2.26. The van der Waals surface area contributed by atoms with Gasteiger partial charge in [-0.05, 0) is 10.6 Å². The fraction of sp³-hybridized carbons (Fsp3) is 0.571. The zero-order chi connectivity index (χ0) is 6.78. The normalized spacial score (nSPS) is 10.9. The van der Waals surface area contributed by atoms with E-state index in [0.717, 1.165) is 10.2 Å². The van der Waals surface area contributed by atoms with E-state index in [0.29, 0.717) is 5.41 Å². The lowest BCUT2D eigenvalue weighted by Crippen LogP contribution is -2.07. The van der Waals surface area contributed by atoms with Crippen molar-refractivity contribution in [2.24, 2.45) is 5.41 Å². The van der Waals surface area contributed by atoms with Gasteiger partial charge in [-0.25, -0.2) is 0 Å². The Labute approximate surface area is 54.7 Å². The summed E-state index contributed by atoms with van der Waals surface area (Å²) in [4.78, 5) is 0. The van der Waals surface area contributed by atoms with Crippen LogP contribution in [0.5, 0.6) is 0 Å². The van der Waals surface area contributed by atoms with Gasteiger partial charge in [-0.15, -0.1) is 5.73 Å². The van der Waals surface area contributed by atoms with Crippen molar-refractivity contribution in [2.75, 3.05) is 0 Å². The molecule has 0 radical (unpaired) electrons. The lowest BCUT2D eigenvalue weighted by Gasteiger charge is -2.16. The largest absolute Gasteiger partial charge is 0.135 e. The van der Waals surface area contributed by atoms with Gasteiger partial charge in [-0.2, -0.15) is 0 Å². The number of hydrogen-bond acceptors (Lipinski definition) is 0. The number of rotatable bonds is 0. The van der Waals surface area contributed by atoms with Gasteiger partial charge in [0.05, 0.1) is 0 Å². The second-order valence-corrected chi connectivity index (χ2v) is 4.05. The molecule has 0 heterocycles. The second kappa shape index (κ2) is 2.34. The Morgan fingerprint density at radius 1 is 1.50 bits per heavy atom. The summed E-state index contributed by atoms with van der Waals surface area (Å²) in [6.45, 7) is 10.2. The van der Waals surface area contributed by atoms with Crippen LogP contribution in [0.25, 0.3) is 0 Å². The van der Waals surface area contributed by atoms with Crippen LogP contribution in [0.1, 0.15) is 20.8 Å². The van der Waals surface area contributed by atoms with Crippen molar-refractivity contribution in [1.29, 1.82) is 0 Å². The SMILES string of the molecule is C=C=C([SiH3])C(C)(C)C. The first kappa shape index (κ1) is 7.74.